The first-order chi connectivity index (χ1) is 3.89. The van der Waals surface area contributed by atoms with Gasteiger partial charge in [0.2, 0.25) is 0 Å². The van der Waals surface area contributed by atoms with Gasteiger partial charge in [-0.2, -0.15) is 0 Å². The van der Waals surface area contributed by atoms with Crippen molar-refractivity contribution >= 4 is 0 Å². The van der Waals surface area contributed by atoms with E-state index in [0.29, 0.717) is 0 Å². The molecule has 1 rings (SSSR count). The lowest BCUT2D eigenvalue weighted by molar-refractivity contribution is 0.718. The molecule has 0 spiro atoms. The van der Waals surface area contributed by atoms with Gasteiger partial charge in [-0.3, -0.25) is 0 Å². The molecule has 0 aromatic rings. The maximum Gasteiger partial charge on any atom is 0.0310 e. The first-order valence-corrected chi connectivity index (χ1v) is 2.98. The predicted octanol–water partition coefficient (Wildman–Crippen LogP) is 2.51. The van der Waals surface area contributed by atoms with E-state index in [9.17, 15) is 0 Å². The van der Waals surface area contributed by atoms with Gasteiger partial charge in [0.05, 0.1) is 0 Å². The van der Waals surface area contributed by atoms with Crippen LogP contribution in [0.4, 0.5) is 0 Å². The molecule has 1 unspecified atom stereocenters. The van der Waals surface area contributed by atoms with Gasteiger partial charge in [-0.15, -0.1) is 0 Å². The third-order valence-electron chi connectivity index (χ3n) is 1.26. The average Bonchev–Trinajstić information content (AvgIpc) is 1.94. The van der Waals surface area contributed by atoms with Crippen LogP contribution < -0.4 is 0 Å². The topological polar surface area (TPSA) is 0 Å². The van der Waals surface area contributed by atoms with E-state index in [1.54, 1.807) is 0 Å². The van der Waals surface area contributed by atoms with Crippen molar-refractivity contribution in [1.82, 2.24) is 0 Å². The van der Waals surface area contributed by atoms with Crippen molar-refractivity contribution in [2.24, 2.45) is 0 Å². The van der Waals surface area contributed by atoms with Crippen LogP contribution in [0.15, 0.2) is 12.2 Å². The quantitative estimate of drug-likeness (QED) is 0.407. The molecule has 1 aliphatic carbocycles. The molecule has 0 aromatic heterocycles. The Morgan fingerprint density at radius 3 is 3.14 bits per heavy atom. The van der Waals surface area contributed by atoms with Gasteiger partial charge in [-0.25, -0.2) is 0 Å². The summed E-state index contributed by atoms with van der Waals surface area (Å²) in [6.07, 6.45) is 9.01. The molecule has 0 nitrogen and oxygen atoms in total. The number of hydrogen-bond acceptors (Lipinski definition) is 0. The SMILES string of the molecule is [2H]C1C=CCCCC1. The summed E-state index contributed by atoms with van der Waals surface area (Å²) in [5.41, 5.74) is 0. The summed E-state index contributed by atoms with van der Waals surface area (Å²) in [6, 6.07) is 0. The summed E-state index contributed by atoms with van der Waals surface area (Å²) in [5, 5.41) is 0. The Balaban J connectivity index is 2.33. The molecule has 0 radical (unpaired) electrons. The van der Waals surface area contributed by atoms with Crippen LogP contribution >= 0.6 is 0 Å². The predicted molar refractivity (Wildman–Crippen MR) is 32.2 cm³/mol. The van der Waals surface area contributed by atoms with E-state index < -0.39 is 0 Å². The van der Waals surface area contributed by atoms with Crippen LogP contribution in [0.25, 0.3) is 0 Å². The van der Waals surface area contributed by atoms with Crippen molar-refractivity contribution in [3.05, 3.63) is 12.2 Å². The highest BCUT2D eigenvalue weighted by atomic mass is 13.9. The maximum atomic E-state index is 7.33. The fraction of sp³-hybridized carbons (Fsp3) is 0.714. The molecule has 40 valence electrons. The van der Waals surface area contributed by atoms with Gasteiger partial charge < -0.3 is 0 Å². The fourth-order valence-corrected chi connectivity index (χ4v) is 0.813. The Hall–Kier alpha value is -0.260. The first-order valence-electron chi connectivity index (χ1n) is 3.56. The minimum atomic E-state index is 0.0949. The van der Waals surface area contributed by atoms with E-state index in [-0.39, 0.29) is 6.40 Å². The average molecular weight is 97.2 g/mol. The van der Waals surface area contributed by atoms with Gasteiger partial charge >= 0.3 is 0 Å². The van der Waals surface area contributed by atoms with E-state index in [4.69, 9.17) is 1.37 Å². The van der Waals surface area contributed by atoms with Crippen molar-refractivity contribution in [2.75, 3.05) is 0 Å². The molecule has 0 amide bonds. The molecular weight excluding hydrogens is 84.1 g/mol. The minimum absolute atomic E-state index is 0.0949. The van der Waals surface area contributed by atoms with Gasteiger partial charge in [0.15, 0.2) is 0 Å². The van der Waals surface area contributed by atoms with Crippen molar-refractivity contribution in [2.45, 2.75) is 32.1 Å². The normalized spacial score (nSPS) is 34.3. The van der Waals surface area contributed by atoms with Gasteiger partial charge in [-0.05, 0) is 25.7 Å². The Morgan fingerprint density at radius 1 is 1.14 bits per heavy atom. The second kappa shape index (κ2) is 2.84. The summed E-state index contributed by atoms with van der Waals surface area (Å²) >= 11 is 0. The van der Waals surface area contributed by atoms with E-state index in [1.165, 1.54) is 19.3 Å². The maximum absolute atomic E-state index is 7.33. The Bertz CT molecular complexity index is 86.4. The molecule has 0 bridgehead atoms. The van der Waals surface area contributed by atoms with Crippen molar-refractivity contribution in [1.29, 1.82) is 0 Å². The lowest BCUT2D eigenvalue weighted by Gasteiger charge is -1.86. The molecular formula is C7H12. The Kier molecular flexibility index (Phi) is 1.50. The lowest BCUT2D eigenvalue weighted by atomic mass is 10.2. The highest BCUT2D eigenvalue weighted by Gasteiger charge is 1.88. The van der Waals surface area contributed by atoms with Crippen LogP contribution in [0.1, 0.15) is 33.5 Å². The van der Waals surface area contributed by atoms with E-state index in [0.717, 1.165) is 6.42 Å². The van der Waals surface area contributed by atoms with E-state index in [1.807, 2.05) is 6.08 Å². The fourth-order valence-electron chi connectivity index (χ4n) is 0.813. The van der Waals surface area contributed by atoms with Crippen molar-refractivity contribution < 1.29 is 1.37 Å². The molecule has 0 aromatic carbocycles. The van der Waals surface area contributed by atoms with Crippen LogP contribution in [0, 0.1) is 0 Å². The van der Waals surface area contributed by atoms with Crippen LogP contribution in [-0.4, -0.2) is 0 Å². The van der Waals surface area contributed by atoms with Crippen LogP contribution in [0.5, 0.6) is 0 Å². The summed E-state index contributed by atoms with van der Waals surface area (Å²) in [5.74, 6) is 0. The van der Waals surface area contributed by atoms with E-state index >= 15 is 0 Å². The van der Waals surface area contributed by atoms with Crippen molar-refractivity contribution in [3.63, 3.8) is 0 Å². The molecule has 1 aliphatic rings. The standard InChI is InChI=1S/C7H12/c1-2-4-6-7-5-3-1/h1-2H,3-7H2/i3D. The summed E-state index contributed by atoms with van der Waals surface area (Å²) in [6.45, 7) is 0. The minimum Gasteiger partial charge on any atom is -0.0885 e. The molecule has 7 heavy (non-hydrogen) atoms. The van der Waals surface area contributed by atoms with Crippen molar-refractivity contribution in [3.8, 4) is 0 Å². The van der Waals surface area contributed by atoms with E-state index in [2.05, 4.69) is 6.08 Å². The zero-order valence-corrected chi connectivity index (χ0v) is 4.56. The Labute approximate surface area is 46.6 Å². The van der Waals surface area contributed by atoms with Gasteiger partial charge in [0.1, 0.15) is 0 Å². The zero-order chi connectivity index (χ0) is 5.82. The number of rotatable bonds is 0. The van der Waals surface area contributed by atoms with Gasteiger partial charge in [-0.1, -0.05) is 18.6 Å². The molecule has 0 saturated carbocycles. The molecule has 0 saturated heterocycles. The molecule has 0 heterocycles. The number of allylic oxidation sites excluding steroid dienone is 2. The second-order valence-electron chi connectivity index (χ2n) is 1.95. The molecule has 0 aliphatic heterocycles. The smallest absolute Gasteiger partial charge is 0.0310 e. The summed E-state index contributed by atoms with van der Waals surface area (Å²) in [4.78, 5) is 0. The third kappa shape index (κ3) is 1.77. The summed E-state index contributed by atoms with van der Waals surface area (Å²) < 4.78 is 7.33. The highest BCUT2D eigenvalue weighted by molar-refractivity contribution is 4.83. The lowest BCUT2D eigenvalue weighted by Crippen LogP contribution is -1.67. The van der Waals surface area contributed by atoms with Gasteiger partial charge in [0, 0.05) is 1.37 Å². The van der Waals surface area contributed by atoms with Crippen LogP contribution in [0.3, 0.4) is 0 Å². The zero-order valence-electron chi connectivity index (χ0n) is 5.56. The second-order valence-corrected chi connectivity index (χ2v) is 1.95. The largest absolute Gasteiger partial charge is 0.0885 e. The van der Waals surface area contributed by atoms with Crippen LogP contribution in [0.2, 0.25) is 0 Å². The highest BCUT2D eigenvalue weighted by Crippen LogP contribution is 2.08. The molecule has 1 atom stereocenters. The number of hydrogen-bond donors (Lipinski definition) is 0. The third-order valence-corrected chi connectivity index (χ3v) is 1.26. The molecule has 0 fully saturated rings. The molecule has 0 heteroatoms. The molecule has 0 N–H and O–H groups in total. The first kappa shape index (κ1) is 3.71. The van der Waals surface area contributed by atoms with Gasteiger partial charge in [0.25, 0.3) is 0 Å². The van der Waals surface area contributed by atoms with Crippen LogP contribution in [-0.2, 0) is 0 Å². The summed E-state index contributed by atoms with van der Waals surface area (Å²) in [7, 11) is 0. The monoisotopic (exact) mass is 97.1 g/mol. The Morgan fingerprint density at radius 2 is 2.14 bits per heavy atom.